The van der Waals surface area contributed by atoms with Crippen molar-refractivity contribution in [1.29, 1.82) is 0 Å². The second-order valence-electron chi connectivity index (χ2n) is 1.12. The molecule has 0 atom stereocenters. The highest BCUT2D eigenvalue weighted by atomic mass is 35.5. The molecule has 8 heavy (non-hydrogen) atoms. The summed E-state index contributed by atoms with van der Waals surface area (Å²) in [6, 6.07) is 1.56. The average Bonchev–Trinajstić information content (AvgIpc) is 1.90. The minimum atomic E-state index is 0.363. The van der Waals surface area contributed by atoms with Crippen LogP contribution in [0, 0.1) is 0 Å². The maximum atomic E-state index is 4.94. The van der Waals surface area contributed by atoms with Crippen LogP contribution in [0.15, 0.2) is 18.6 Å². The van der Waals surface area contributed by atoms with E-state index >= 15 is 0 Å². The quantitative estimate of drug-likeness (QED) is 0.569. The molecule has 0 saturated heterocycles. The smallest absolute Gasteiger partial charge is 0.239 e. The molecule has 0 amide bonds. The summed E-state index contributed by atoms with van der Waals surface area (Å²) in [5.74, 6) is 0.363. The number of halogens is 1. The van der Waals surface area contributed by atoms with E-state index < -0.39 is 0 Å². The Hall–Kier alpha value is -0.830. The molecule has 1 aromatic rings. The zero-order chi connectivity index (χ0) is 5.82. The summed E-state index contributed by atoms with van der Waals surface area (Å²) in [7, 11) is 0. The van der Waals surface area contributed by atoms with Gasteiger partial charge in [0.25, 0.3) is 0 Å². The van der Waals surface area contributed by atoms with E-state index in [0.717, 1.165) is 0 Å². The fraction of sp³-hybridized carbons (Fsp3) is 0. The van der Waals surface area contributed by atoms with Gasteiger partial charge in [-0.3, -0.25) is 0 Å². The van der Waals surface area contributed by atoms with Crippen molar-refractivity contribution in [2.24, 2.45) is 0 Å². The molecule has 0 aliphatic carbocycles. The van der Waals surface area contributed by atoms with Crippen molar-refractivity contribution in [1.82, 2.24) is 9.97 Å². The van der Waals surface area contributed by atoms with Gasteiger partial charge in [0.2, 0.25) is 5.88 Å². The van der Waals surface area contributed by atoms with Crippen molar-refractivity contribution >= 4 is 11.9 Å². The first-order valence-corrected chi connectivity index (χ1v) is 2.29. The van der Waals surface area contributed by atoms with E-state index in [1.807, 2.05) is 0 Å². The third kappa shape index (κ3) is 1.07. The summed E-state index contributed by atoms with van der Waals surface area (Å²) < 4.78 is 4.24. The number of hydrogen-bond acceptors (Lipinski definition) is 3. The lowest BCUT2D eigenvalue weighted by atomic mass is 10.7. The Morgan fingerprint density at radius 1 is 1.62 bits per heavy atom. The third-order valence-electron chi connectivity index (χ3n) is 0.634. The Kier molecular flexibility index (Phi) is 1.64. The molecular formula is C4H3ClN2O. The van der Waals surface area contributed by atoms with Gasteiger partial charge in [-0.05, 0) is 0 Å². The van der Waals surface area contributed by atoms with Gasteiger partial charge in [-0.25, -0.2) is 9.97 Å². The number of hydrogen-bond donors (Lipinski definition) is 0. The summed E-state index contributed by atoms with van der Waals surface area (Å²) in [5, 5.41) is 0. The van der Waals surface area contributed by atoms with E-state index in [1.165, 1.54) is 6.33 Å². The van der Waals surface area contributed by atoms with E-state index in [-0.39, 0.29) is 0 Å². The molecule has 0 aliphatic rings. The van der Waals surface area contributed by atoms with Crippen LogP contribution in [-0.2, 0) is 0 Å². The van der Waals surface area contributed by atoms with Crippen molar-refractivity contribution in [3.63, 3.8) is 0 Å². The third-order valence-corrected chi connectivity index (χ3v) is 0.792. The summed E-state index contributed by atoms with van der Waals surface area (Å²) >= 11 is 4.94. The number of aromatic nitrogens is 2. The molecule has 0 radical (unpaired) electrons. The van der Waals surface area contributed by atoms with Crippen molar-refractivity contribution in [3.8, 4) is 5.88 Å². The van der Waals surface area contributed by atoms with Crippen LogP contribution >= 0.6 is 11.9 Å². The lowest BCUT2D eigenvalue weighted by Crippen LogP contribution is -1.79. The maximum Gasteiger partial charge on any atom is 0.239 e. The Bertz CT molecular complexity index is 155. The summed E-state index contributed by atoms with van der Waals surface area (Å²) in [6.07, 6.45) is 2.91. The highest BCUT2D eigenvalue weighted by molar-refractivity contribution is 6.08. The topological polar surface area (TPSA) is 35.0 Å². The van der Waals surface area contributed by atoms with Gasteiger partial charge in [0, 0.05) is 12.3 Å². The molecule has 1 heterocycles. The Morgan fingerprint density at radius 3 is 2.88 bits per heavy atom. The highest BCUT2D eigenvalue weighted by Gasteiger charge is 1.85. The Morgan fingerprint density at radius 2 is 2.50 bits per heavy atom. The molecule has 1 aromatic heterocycles. The van der Waals surface area contributed by atoms with Gasteiger partial charge >= 0.3 is 0 Å². The Labute approximate surface area is 51.5 Å². The fourth-order valence-electron chi connectivity index (χ4n) is 0.324. The van der Waals surface area contributed by atoms with Gasteiger partial charge < -0.3 is 4.29 Å². The van der Waals surface area contributed by atoms with Crippen LogP contribution < -0.4 is 4.29 Å². The van der Waals surface area contributed by atoms with Gasteiger partial charge in [-0.2, -0.15) is 0 Å². The minimum Gasteiger partial charge on any atom is -0.365 e. The zero-order valence-corrected chi connectivity index (χ0v) is 4.67. The summed E-state index contributed by atoms with van der Waals surface area (Å²) in [6.45, 7) is 0. The van der Waals surface area contributed by atoms with Crippen LogP contribution in [0.4, 0.5) is 0 Å². The van der Waals surface area contributed by atoms with Crippen LogP contribution in [0.25, 0.3) is 0 Å². The van der Waals surface area contributed by atoms with E-state index in [1.54, 1.807) is 12.3 Å². The Balaban J connectivity index is 2.83. The molecule has 0 bridgehead atoms. The first-order chi connectivity index (χ1) is 3.93. The van der Waals surface area contributed by atoms with Gasteiger partial charge in [0.1, 0.15) is 18.2 Å². The second kappa shape index (κ2) is 2.47. The predicted octanol–water partition coefficient (Wildman–Crippen LogP) is 1.01. The van der Waals surface area contributed by atoms with Crippen LogP contribution in [0.1, 0.15) is 0 Å². The van der Waals surface area contributed by atoms with Gasteiger partial charge in [-0.15, -0.1) is 0 Å². The number of rotatable bonds is 1. The molecule has 42 valence electrons. The fourth-order valence-corrected chi connectivity index (χ4v) is 0.415. The molecule has 1 rings (SSSR count). The molecule has 4 heteroatoms. The molecule has 0 unspecified atom stereocenters. The van der Waals surface area contributed by atoms with Crippen LogP contribution in [0.2, 0.25) is 0 Å². The lowest BCUT2D eigenvalue weighted by molar-refractivity contribution is 0.588. The highest BCUT2D eigenvalue weighted by Crippen LogP contribution is 2.01. The molecule has 0 saturated carbocycles. The molecule has 0 N–H and O–H groups in total. The first-order valence-electron chi connectivity index (χ1n) is 1.98. The SMILES string of the molecule is ClOc1ccncn1. The normalized spacial score (nSPS) is 8.62. The molecule has 3 nitrogen and oxygen atoms in total. The van der Waals surface area contributed by atoms with Gasteiger partial charge in [0.05, 0.1) is 0 Å². The minimum absolute atomic E-state index is 0.363. The van der Waals surface area contributed by atoms with Crippen molar-refractivity contribution in [2.45, 2.75) is 0 Å². The maximum absolute atomic E-state index is 4.94. The van der Waals surface area contributed by atoms with Gasteiger partial charge in [0.15, 0.2) is 0 Å². The van der Waals surface area contributed by atoms with Crippen molar-refractivity contribution in [3.05, 3.63) is 18.6 Å². The number of nitrogens with zero attached hydrogens (tertiary/aromatic N) is 2. The second-order valence-corrected chi connectivity index (χ2v) is 1.28. The molecule has 0 aromatic carbocycles. The van der Waals surface area contributed by atoms with Crippen LogP contribution in [-0.4, -0.2) is 9.97 Å². The average molecular weight is 131 g/mol. The van der Waals surface area contributed by atoms with E-state index in [4.69, 9.17) is 11.9 Å². The van der Waals surface area contributed by atoms with Crippen LogP contribution in [0.5, 0.6) is 5.88 Å². The summed E-state index contributed by atoms with van der Waals surface area (Å²) in [5.41, 5.74) is 0. The van der Waals surface area contributed by atoms with Crippen molar-refractivity contribution < 1.29 is 4.29 Å². The largest absolute Gasteiger partial charge is 0.365 e. The monoisotopic (exact) mass is 130 g/mol. The van der Waals surface area contributed by atoms with E-state index in [9.17, 15) is 0 Å². The molecule has 0 spiro atoms. The van der Waals surface area contributed by atoms with Crippen LogP contribution in [0.3, 0.4) is 0 Å². The first kappa shape index (κ1) is 5.31. The predicted molar refractivity (Wildman–Crippen MR) is 28.5 cm³/mol. The lowest BCUT2D eigenvalue weighted by Gasteiger charge is -1.87. The van der Waals surface area contributed by atoms with E-state index in [2.05, 4.69) is 14.3 Å². The standard InChI is InChI=1S/C4H3ClN2O/c5-8-4-1-2-6-3-7-4/h1-3H. The molecule has 0 fully saturated rings. The molecular weight excluding hydrogens is 128 g/mol. The van der Waals surface area contributed by atoms with Crippen molar-refractivity contribution in [2.75, 3.05) is 0 Å². The molecule has 0 aliphatic heterocycles. The van der Waals surface area contributed by atoms with E-state index in [0.29, 0.717) is 5.88 Å². The van der Waals surface area contributed by atoms with Gasteiger partial charge in [-0.1, -0.05) is 0 Å². The zero-order valence-electron chi connectivity index (χ0n) is 3.91. The summed E-state index contributed by atoms with van der Waals surface area (Å²) in [4.78, 5) is 7.28.